The van der Waals surface area contributed by atoms with Crippen molar-refractivity contribution in [3.63, 3.8) is 0 Å². The Morgan fingerprint density at radius 3 is 2.13 bits per heavy atom. The molecule has 0 radical (unpaired) electrons. The molecule has 2 aliphatic carbocycles. The largest absolute Gasteiger partial charge is 0.353 e. The molecule has 0 spiro atoms. The van der Waals surface area contributed by atoms with Gasteiger partial charge in [0.2, 0.25) is 5.91 Å². The smallest absolute Gasteiger partial charge is 0.223 e. The maximum Gasteiger partial charge on any atom is 0.223 e. The number of hydrogen-bond acceptors (Lipinski definition) is 1. The molecule has 86 valence electrons. The SMILES string of the molecule is CC1CC1C(=O)NC1CCCCCCC1. The summed E-state index contributed by atoms with van der Waals surface area (Å²) < 4.78 is 0. The maximum atomic E-state index is 11.8. The van der Waals surface area contributed by atoms with Crippen molar-refractivity contribution in [3.8, 4) is 0 Å². The van der Waals surface area contributed by atoms with Crippen LogP contribution in [0.25, 0.3) is 0 Å². The van der Waals surface area contributed by atoms with Crippen molar-refractivity contribution in [1.29, 1.82) is 0 Å². The van der Waals surface area contributed by atoms with Crippen molar-refractivity contribution < 1.29 is 4.79 Å². The van der Waals surface area contributed by atoms with Crippen LogP contribution < -0.4 is 5.32 Å². The summed E-state index contributed by atoms with van der Waals surface area (Å²) in [6.45, 7) is 2.17. The minimum atomic E-state index is 0.327. The molecule has 0 saturated heterocycles. The molecule has 2 aliphatic rings. The Kier molecular flexibility index (Phi) is 3.66. The zero-order valence-electron chi connectivity index (χ0n) is 9.80. The van der Waals surface area contributed by atoms with Crippen LogP contribution in [0.5, 0.6) is 0 Å². The number of carbonyl (C=O) groups is 1. The standard InChI is InChI=1S/C13H23NO/c1-10-9-12(10)13(15)14-11-7-5-3-2-4-6-8-11/h10-12H,2-9H2,1H3,(H,14,15). The van der Waals surface area contributed by atoms with Gasteiger partial charge in [-0.2, -0.15) is 0 Å². The predicted molar refractivity (Wildman–Crippen MR) is 61.5 cm³/mol. The highest BCUT2D eigenvalue weighted by molar-refractivity contribution is 5.81. The van der Waals surface area contributed by atoms with Crippen molar-refractivity contribution in [2.24, 2.45) is 11.8 Å². The van der Waals surface area contributed by atoms with Gasteiger partial charge in [0.25, 0.3) is 0 Å². The van der Waals surface area contributed by atoms with E-state index in [0.29, 0.717) is 23.8 Å². The molecule has 15 heavy (non-hydrogen) atoms. The van der Waals surface area contributed by atoms with Gasteiger partial charge in [0.1, 0.15) is 0 Å². The van der Waals surface area contributed by atoms with Crippen LogP contribution in [0.2, 0.25) is 0 Å². The lowest BCUT2D eigenvalue weighted by Gasteiger charge is -2.21. The second-order valence-electron chi connectivity index (χ2n) is 5.37. The molecule has 2 heteroatoms. The molecule has 2 saturated carbocycles. The van der Waals surface area contributed by atoms with Crippen LogP contribution in [-0.2, 0) is 4.79 Å². The molecule has 0 heterocycles. The average Bonchev–Trinajstić information content (AvgIpc) is 2.87. The van der Waals surface area contributed by atoms with Crippen LogP contribution in [-0.4, -0.2) is 11.9 Å². The first kappa shape index (κ1) is 11.0. The van der Waals surface area contributed by atoms with Crippen molar-refractivity contribution in [2.45, 2.75) is 64.3 Å². The van der Waals surface area contributed by atoms with Crippen LogP contribution >= 0.6 is 0 Å². The monoisotopic (exact) mass is 209 g/mol. The van der Waals surface area contributed by atoms with Gasteiger partial charge < -0.3 is 5.32 Å². The van der Waals surface area contributed by atoms with Crippen LogP contribution in [0.4, 0.5) is 0 Å². The Bertz CT molecular complexity index is 219. The fourth-order valence-corrected chi connectivity index (χ4v) is 2.60. The van der Waals surface area contributed by atoms with E-state index >= 15 is 0 Å². The number of amides is 1. The molecule has 2 unspecified atom stereocenters. The predicted octanol–water partition coefficient (Wildman–Crippen LogP) is 2.87. The van der Waals surface area contributed by atoms with Gasteiger partial charge in [0.05, 0.1) is 0 Å². The summed E-state index contributed by atoms with van der Waals surface area (Å²) in [5, 5.41) is 3.24. The highest BCUT2D eigenvalue weighted by Crippen LogP contribution is 2.37. The van der Waals surface area contributed by atoms with Crippen LogP contribution in [0, 0.1) is 11.8 Å². The van der Waals surface area contributed by atoms with Gasteiger partial charge in [0.15, 0.2) is 0 Å². The van der Waals surface area contributed by atoms with Crippen molar-refractivity contribution in [1.82, 2.24) is 5.32 Å². The molecule has 0 bridgehead atoms. The number of carbonyl (C=O) groups excluding carboxylic acids is 1. The summed E-state index contributed by atoms with van der Waals surface area (Å²) in [4.78, 5) is 11.8. The summed E-state index contributed by atoms with van der Waals surface area (Å²) in [6.07, 6.45) is 10.2. The normalized spacial score (nSPS) is 32.9. The molecule has 2 rings (SSSR count). The van der Waals surface area contributed by atoms with E-state index in [0.717, 1.165) is 6.42 Å². The maximum absolute atomic E-state index is 11.8. The summed E-state index contributed by atoms with van der Waals surface area (Å²) in [7, 11) is 0. The van der Waals surface area contributed by atoms with E-state index in [-0.39, 0.29) is 0 Å². The zero-order valence-corrected chi connectivity index (χ0v) is 9.80. The molecular formula is C13H23NO. The minimum absolute atomic E-state index is 0.327. The van der Waals surface area contributed by atoms with E-state index in [9.17, 15) is 4.79 Å². The Morgan fingerprint density at radius 2 is 1.60 bits per heavy atom. The lowest BCUT2D eigenvalue weighted by Crippen LogP contribution is -2.36. The highest BCUT2D eigenvalue weighted by Gasteiger charge is 2.39. The van der Waals surface area contributed by atoms with E-state index < -0.39 is 0 Å². The van der Waals surface area contributed by atoms with E-state index in [1.165, 1.54) is 44.9 Å². The summed E-state index contributed by atoms with van der Waals surface area (Å²) in [5.74, 6) is 1.31. The van der Waals surface area contributed by atoms with Gasteiger partial charge in [-0.05, 0) is 25.2 Å². The topological polar surface area (TPSA) is 29.1 Å². The molecule has 0 aromatic carbocycles. The Morgan fingerprint density at radius 1 is 1.07 bits per heavy atom. The molecule has 2 atom stereocenters. The first-order valence-corrected chi connectivity index (χ1v) is 6.58. The van der Waals surface area contributed by atoms with E-state index in [2.05, 4.69) is 12.2 Å². The first-order chi connectivity index (χ1) is 7.27. The van der Waals surface area contributed by atoms with Gasteiger partial charge in [-0.3, -0.25) is 4.79 Å². The third-order valence-corrected chi connectivity index (χ3v) is 3.90. The van der Waals surface area contributed by atoms with Crippen molar-refractivity contribution >= 4 is 5.91 Å². The minimum Gasteiger partial charge on any atom is -0.353 e. The Balaban J connectivity index is 1.74. The van der Waals surface area contributed by atoms with E-state index in [1.54, 1.807) is 0 Å². The molecule has 1 N–H and O–H groups in total. The Labute approximate surface area is 92.8 Å². The third-order valence-electron chi connectivity index (χ3n) is 3.90. The number of hydrogen-bond donors (Lipinski definition) is 1. The molecule has 0 aliphatic heterocycles. The lowest BCUT2D eigenvalue weighted by atomic mass is 9.96. The van der Waals surface area contributed by atoms with Crippen LogP contribution in [0.1, 0.15) is 58.3 Å². The molecule has 2 fully saturated rings. The highest BCUT2D eigenvalue weighted by atomic mass is 16.2. The van der Waals surface area contributed by atoms with E-state index in [1.807, 2.05) is 0 Å². The fraction of sp³-hybridized carbons (Fsp3) is 0.923. The molecule has 0 aromatic rings. The van der Waals surface area contributed by atoms with Crippen LogP contribution in [0.15, 0.2) is 0 Å². The summed E-state index contributed by atoms with van der Waals surface area (Å²) in [6, 6.07) is 0.477. The number of rotatable bonds is 2. The molecule has 2 nitrogen and oxygen atoms in total. The molecule has 0 aromatic heterocycles. The fourth-order valence-electron chi connectivity index (χ4n) is 2.60. The lowest BCUT2D eigenvalue weighted by molar-refractivity contribution is -0.123. The average molecular weight is 209 g/mol. The second-order valence-corrected chi connectivity index (χ2v) is 5.37. The van der Waals surface area contributed by atoms with E-state index in [4.69, 9.17) is 0 Å². The molecular weight excluding hydrogens is 186 g/mol. The number of nitrogens with one attached hydrogen (secondary N) is 1. The van der Waals surface area contributed by atoms with Crippen LogP contribution in [0.3, 0.4) is 0 Å². The van der Waals surface area contributed by atoms with Gasteiger partial charge in [0, 0.05) is 12.0 Å². The van der Waals surface area contributed by atoms with Gasteiger partial charge in [-0.15, -0.1) is 0 Å². The molecule has 1 amide bonds. The first-order valence-electron chi connectivity index (χ1n) is 6.58. The summed E-state index contributed by atoms with van der Waals surface area (Å²) >= 11 is 0. The van der Waals surface area contributed by atoms with Gasteiger partial charge >= 0.3 is 0 Å². The van der Waals surface area contributed by atoms with Crippen molar-refractivity contribution in [3.05, 3.63) is 0 Å². The zero-order chi connectivity index (χ0) is 10.7. The second kappa shape index (κ2) is 5.00. The summed E-state index contributed by atoms with van der Waals surface area (Å²) in [5.41, 5.74) is 0. The van der Waals surface area contributed by atoms with Gasteiger partial charge in [-0.1, -0.05) is 39.0 Å². The van der Waals surface area contributed by atoms with Gasteiger partial charge in [-0.25, -0.2) is 0 Å². The third kappa shape index (κ3) is 3.22. The Hall–Kier alpha value is -0.530. The quantitative estimate of drug-likeness (QED) is 0.744. The van der Waals surface area contributed by atoms with Crippen molar-refractivity contribution in [2.75, 3.05) is 0 Å².